The van der Waals surface area contributed by atoms with Crippen molar-refractivity contribution < 1.29 is 26.3 Å². The largest absolute Gasteiger partial charge is 0.573 e. The van der Waals surface area contributed by atoms with Crippen molar-refractivity contribution in [2.45, 2.75) is 62.0 Å². The Labute approximate surface area is 209 Å². The second kappa shape index (κ2) is 11.2. The zero-order valence-electron chi connectivity index (χ0n) is 19.1. The molecule has 3 atom stereocenters. The van der Waals surface area contributed by atoms with Gasteiger partial charge < -0.3 is 10.1 Å². The lowest BCUT2D eigenvalue weighted by Gasteiger charge is -2.35. The highest BCUT2D eigenvalue weighted by Crippen LogP contribution is 2.28. The highest BCUT2D eigenvalue weighted by Gasteiger charge is 2.32. The summed E-state index contributed by atoms with van der Waals surface area (Å²) in [6, 6.07) is 18.1. The lowest BCUT2D eigenvalue weighted by atomic mass is 9.89. The van der Waals surface area contributed by atoms with E-state index in [0.29, 0.717) is 6.42 Å². The van der Waals surface area contributed by atoms with Gasteiger partial charge in [0.25, 0.3) is 0 Å². The molecule has 0 bridgehead atoms. The zero-order valence-corrected chi connectivity index (χ0v) is 20.7. The smallest absolute Gasteiger partial charge is 0.406 e. The molecule has 1 saturated carbocycles. The summed E-state index contributed by atoms with van der Waals surface area (Å²) in [5.41, 5.74) is 1.14. The lowest BCUT2D eigenvalue weighted by molar-refractivity contribution is -0.274. The van der Waals surface area contributed by atoms with Crippen LogP contribution in [0.5, 0.6) is 5.75 Å². The molecule has 1 fully saturated rings. The minimum absolute atomic E-state index is 0. The number of rotatable bonds is 7. The summed E-state index contributed by atoms with van der Waals surface area (Å²) < 4.78 is 69.7. The normalized spacial score (nSPS) is 19.7. The van der Waals surface area contributed by atoms with E-state index in [0.717, 1.165) is 59.9 Å². The number of hydrogen-bond donors (Lipinski definition) is 2. The van der Waals surface area contributed by atoms with Crippen molar-refractivity contribution in [3.8, 4) is 5.75 Å². The van der Waals surface area contributed by atoms with Crippen molar-refractivity contribution >= 4 is 33.2 Å². The Morgan fingerprint density at radius 2 is 1.54 bits per heavy atom. The number of nitrogens with one attached hydrogen (secondary N) is 2. The Kier molecular flexibility index (Phi) is 8.69. The van der Waals surface area contributed by atoms with Gasteiger partial charge in [0, 0.05) is 18.1 Å². The number of benzene rings is 3. The first kappa shape index (κ1) is 27.3. The van der Waals surface area contributed by atoms with Gasteiger partial charge in [-0.1, -0.05) is 55.3 Å². The van der Waals surface area contributed by atoms with Crippen molar-refractivity contribution in [1.29, 1.82) is 0 Å². The van der Waals surface area contributed by atoms with Crippen LogP contribution in [0.3, 0.4) is 0 Å². The fourth-order valence-electron chi connectivity index (χ4n) is 4.60. The topological polar surface area (TPSA) is 67.4 Å². The van der Waals surface area contributed by atoms with E-state index in [1.54, 1.807) is 0 Å². The molecule has 0 heterocycles. The molecule has 0 saturated heterocycles. The van der Waals surface area contributed by atoms with Gasteiger partial charge in [0.2, 0.25) is 10.0 Å². The lowest BCUT2D eigenvalue weighted by Crippen LogP contribution is -2.52. The van der Waals surface area contributed by atoms with Crippen LogP contribution in [-0.4, -0.2) is 26.9 Å². The molecule has 0 amide bonds. The first-order valence-corrected chi connectivity index (χ1v) is 12.7. The molecule has 0 aromatic heterocycles. The summed E-state index contributed by atoms with van der Waals surface area (Å²) in [7, 11) is -3.92. The molecule has 0 unspecified atom stereocenters. The van der Waals surface area contributed by atoms with Crippen LogP contribution in [0, 0.1) is 0 Å². The van der Waals surface area contributed by atoms with Crippen molar-refractivity contribution in [2.24, 2.45) is 0 Å². The van der Waals surface area contributed by atoms with Gasteiger partial charge in [-0.2, -0.15) is 0 Å². The maximum atomic E-state index is 13.0. The molecule has 3 aromatic carbocycles. The summed E-state index contributed by atoms with van der Waals surface area (Å²) in [6.07, 6.45) is -1.45. The maximum absolute atomic E-state index is 13.0. The van der Waals surface area contributed by atoms with Gasteiger partial charge in [0.1, 0.15) is 5.75 Å². The van der Waals surface area contributed by atoms with Crippen molar-refractivity contribution in [1.82, 2.24) is 10.0 Å². The van der Waals surface area contributed by atoms with Crippen LogP contribution in [0.1, 0.15) is 44.2 Å². The molecule has 0 aliphatic heterocycles. The number of hydrogen-bond acceptors (Lipinski definition) is 4. The molecule has 10 heteroatoms. The number of ether oxygens (including phenoxy) is 1. The quantitative estimate of drug-likeness (QED) is 0.389. The third-order valence-corrected chi connectivity index (χ3v) is 7.70. The Morgan fingerprint density at radius 1 is 0.914 bits per heavy atom. The Hall–Kier alpha value is -2.33. The summed E-state index contributed by atoms with van der Waals surface area (Å²) >= 11 is 0. The number of sulfonamides is 1. The maximum Gasteiger partial charge on any atom is 0.573 e. The van der Waals surface area contributed by atoms with Crippen LogP contribution in [-0.2, 0) is 10.0 Å². The van der Waals surface area contributed by atoms with E-state index < -0.39 is 22.1 Å². The van der Waals surface area contributed by atoms with E-state index in [4.69, 9.17) is 0 Å². The second-order valence-electron chi connectivity index (χ2n) is 8.59. The minimum atomic E-state index is -4.83. The van der Waals surface area contributed by atoms with E-state index in [2.05, 4.69) is 46.0 Å². The van der Waals surface area contributed by atoms with Gasteiger partial charge in [-0.15, -0.1) is 25.6 Å². The van der Waals surface area contributed by atoms with Crippen molar-refractivity contribution in [3.05, 3.63) is 72.3 Å². The summed E-state index contributed by atoms with van der Waals surface area (Å²) in [5, 5.41) is 5.91. The van der Waals surface area contributed by atoms with Gasteiger partial charge in [-0.3, -0.25) is 0 Å². The molecule has 190 valence electrons. The van der Waals surface area contributed by atoms with Gasteiger partial charge in [0.15, 0.2) is 0 Å². The van der Waals surface area contributed by atoms with E-state index in [1.165, 1.54) is 0 Å². The first-order valence-electron chi connectivity index (χ1n) is 11.2. The van der Waals surface area contributed by atoms with Crippen LogP contribution in [0.4, 0.5) is 13.2 Å². The molecule has 3 aromatic rings. The monoisotopic (exact) mass is 528 g/mol. The van der Waals surface area contributed by atoms with Crippen LogP contribution < -0.4 is 14.8 Å². The van der Waals surface area contributed by atoms with Crippen LogP contribution in [0.15, 0.2) is 71.6 Å². The first-order chi connectivity index (χ1) is 16.1. The molecule has 35 heavy (non-hydrogen) atoms. The van der Waals surface area contributed by atoms with E-state index in [9.17, 15) is 21.6 Å². The SMILES string of the molecule is C[C@H](N[C@@H]1CCCC[C@H]1NS(=O)(=O)c1ccc(OC(F)(F)F)cc1)c1cccc2ccccc12.Cl. The number of fused-ring (bicyclic) bond motifs is 1. The molecule has 1 aliphatic rings. The van der Waals surface area contributed by atoms with E-state index in [-0.39, 0.29) is 35.4 Å². The summed E-state index contributed by atoms with van der Waals surface area (Å²) in [6.45, 7) is 2.07. The highest BCUT2D eigenvalue weighted by molar-refractivity contribution is 7.89. The summed E-state index contributed by atoms with van der Waals surface area (Å²) in [5.74, 6) is -0.465. The second-order valence-corrected chi connectivity index (χ2v) is 10.3. The third kappa shape index (κ3) is 6.88. The van der Waals surface area contributed by atoms with Gasteiger partial charge in [0.05, 0.1) is 4.90 Å². The predicted molar refractivity (Wildman–Crippen MR) is 132 cm³/mol. The highest BCUT2D eigenvalue weighted by atomic mass is 35.5. The van der Waals surface area contributed by atoms with E-state index >= 15 is 0 Å². The van der Waals surface area contributed by atoms with E-state index in [1.807, 2.05) is 18.2 Å². The van der Waals surface area contributed by atoms with Gasteiger partial charge in [-0.05, 0) is 60.4 Å². The van der Waals surface area contributed by atoms with Crippen LogP contribution >= 0.6 is 12.4 Å². The minimum Gasteiger partial charge on any atom is -0.406 e. The predicted octanol–water partition coefficient (Wildman–Crippen LogP) is 6.10. The van der Waals surface area contributed by atoms with Gasteiger partial charge >= 0.3 is 6.36 Å². The third-order valence-electron chi connectivity index (χ3n) is 6.19. The Morgan fingerprint density at radius 3 is 2.23 bits per heavy atom. The molecule has 5 nitrogen and oxygen atoms in total. The molecule has 0 radical (unpaired) electrons. The molecule has 2 N–H and O–H groups in total. The fraction of sp³-hybridized carbons (Fsp3) is 0.360. The fourth-order valence-corrected chi connectivity index (χ4v) is 5.91. The Bertz CT molecular complexity index is 1230. The van der Waals surface area contributed by atoms with Crippen molar-refractivity contribution in [3.63, 3.8) is 0 Å². The standard InChI is InChI=1S/C25H27F3N2O3S.ClH/c1-17(21-10-6-8-18-7-2-3-9-22(18)21)29-23-11-4-5-12-24(23)30-34(31,32)20-15-13-19(14-16-20)33-25(26,27)28;/h2-3,6-10,13-17,23-24,29-30H,4-5,11-12H2,1H3;1H/t17-,23+,24+;/m0./s1. The van der Waals surface area contributed by atoms with Crippen LogP contribution in [0.2, 0.25) is 0 Å². The average molecular weight is 529 g/mol. The molecular formula is C25H28ClF3N2O3S. The zero-order chi connectivity index (χ0) is 24.3. The number of alkyl halides is 3. The van der Waals surface area contributed by atoms with Gasteiger partial charge in [-0.25, -0.2) is 13.1 Å². The molecule has 4 rings (SSSR count). The van der Waals surface area contributed by atoms with Crippen molar-refractivity contribution in [2.75, 3.05) is 0 Å². The average Bonchev–Trinajstić information content (AvgIpc) is 2.79. The van der Waals surface area contributed by atoms with Crippen LogP contribution in [0.25, 0.3) is 10.8 Å². The summed E-state index contributed by atoms with van der Waals surface area (Å²) in [4.78, 5) is -0.103. The molecular weight excluding hydrogens is 501 g/mol. The molecule has 1 aliphatic carbocycles. The molecule has 0 spiro atoms. The number of halogens is 4. The Balaban J connectivity index is 0.00000342.